The first-order valence-electron chi connectivity index (χ1n) is 6.67. The normalized spacial score (nSPS) is 47.5. The molecule has 0 aromatic rings. The highest BCUT2D eigenvalue weighted by Crippen LogP contribution is 2.41. The van der Waals surface area contributed by atoms with Gasteiger partial charge < -0.3 is 28.4 Å². The molecule has 0 radical (unpaired) electrons. The monoisotopic (exact) mass is 274 g/mol. The first kappa shape index (κ1) is 13.7. The van der Waals surface area contributed by atoms with Gasteiger partial charge in [-0.3, -0.25) is 0 Å². The fourth-order valence-electron chi connectivity index (χ4n) is 2.93. The van der Waals surface area contributed by atoms with E-state index in [1.54, 1.807) is 7.11 Å². The lowest BCUT2D eigenvalue weighted by Crippen LogP contribution is -2.63. The molecule has 3 aliphatic rings. The van der Waals surface area contributed by atoms with Crippen molar-refractivity contribution in [3.8, 4) is 0 Å². The second-order valence-electron chi connectivity index (χ2n) is 6.14. The summed E-state index contributed by atoms with van der Waals surface area (Å²) in [5, 5.41) is 0. The Hall–Kier alpha value is -0.240. The molecule has 0 unspecified atom stereocenters. The van der Waals surface area contributed by atoms with Crippen LogP contribution in [-0.2, 0) is 28.4 Å². The minimum absolute atomic E-state index is 0.197. The van der Waals surface area contributed by atoms with Gasteiger partial charge in [-0.1, -0.05) is 0 Å². The van der Waals surface area contributed by atoms with E-state index >= 15 is 0 Å². The van der Waals surface area contributed by atoms with Gasteiger partial charge in [-0.2, -0.15) is 0 Å². The molecular weight excluding hydrogens is 252 g/mol. The molecule has 0 aromatic heterocycles. The maximum Gasteiger partial charge on any atom is 0.186 e. The van der Waals surface area contributed by atoms with Gasteiger partial charge in [-0.05, 0) is 27.7 Å². The third kappa shape index (κ3) is 2.41. The average molecular weight is 274 g/mol. The Bertz CT molecular complexity index is 355. The van der Waals surface area contributed by atoms with Crippen molar-refractivity contribution < 1.29 is 28.4 Å². The highest BCUT2D eigenvalue weighted by atomic mass is 16.8. The van der Waals surface area contributed by atoms with Crippen molar-refractivity contribution in [1.82, 2.24) is 0 Å². The summed E-state index contributed by atoms with van der Waals surface area (Å²) in [6.45, 7) is 8.02. The maximum atomic E-state index is 5.98. The van der Waals surface area contributed by atoms with Gasteiger partial charge in [0.05, 0.1) is 6.61 Å². The highest BCUT2D eigenvalue weighted by molar-refractivity contribution is 4.99. The first-order valence-corrected chi connectivity index (χ1v) is 6.67. The van der Waals surface area contributed by atoms with Crippen molar-refractivity contribution in [2.45, 2.75) is 70.0 Å². The van der Waals surface area contributed by atoms with Crippen molar-refractivity contribution in [3.63, 3.8) is 0 Å². The predicted molar refractivity (Wildman–Crippen MR) is 64.4 cm³/mol. The number of hydrogen-bond acceptors (Lipinski definition) is 6. The van der Waals surface area contributed by atoms with Gasteiger partial charge in [0, 0.05) is 7.11 Å². The number of fused-ring (bicyclic) bond motifs is 3. The quantitative estimate of drug-likeness (QED) is 0.712. The molecule has 0 amide bonds. The lowest BCUT2D eigenvalue weighted by Gasteiger charge is -2.48. The van der Waals surface area contributed by atoms with Crippen molar-refractivity contribution in [3.05, 3.63) is 0 Å². The van der Waals surface area contributed by atoms with Crippen molar-refractivity contribution in [2.75, 3.05) is 13.7 Å². The van der Waals surface area contributed by atoms with Crippen LogP contribution in [0.1, 0.15) is 27.7 Å². The average Bonchev–Trinajstić information content (AvgIpc) is 2.63. The zero-order valence-electron chi connectivity index (χ0n) is 12.0. The summed E-state index contributed by atoms with van der Waals surface area (Å²) in [7, 11) is 1.60. The van der Waals surface area contributed by atoms with Crippen molar-refractivity contribution >= 4 is 0 Å². The molecule has 3 aliphatic heterocycles. The van der Waals surface area contributed by atoms with E-state index < -0.39 is 17.9 Å². The van der Waals surface area contributed by atoms with E-state index in [1.807, 2.05) is 27.7 Å². The SMILES string of the molecule is CO[C@H]1O[C@@H]2COC(C)(C)O[C@H]2[C@@H]2OC(C)(C)O[C@H]12. The van der Waals surface area contributed by atoms with Crippen LogP contribution in [0, 0.1) is 0 Å². The molecule has 0 aromatic carbocycles. The fraction of sp³-hybridized carbons (Fsp3) is 1.00. The Balaban J connectivity index is 1.85. The molecule has 0 bridgehead atoms. The summed E-state index contributed by atoms with van der Waals surface area (Å²) in [6.07, 6.45) is -1.35. The number of hydrogen-bond donors (Lipinski definition) is 0. The van der Waals surface area contributed by atoms with Gasteiger partial charge in [-0.25, -0.2) is 0 Å². The lowest BCUT2D eigenvalue weighted by molar-refractivity contribution is -0.368. The van der Waals surface area contributed by atoms with Crippen LogP contribution in [0.15, 0.2) is 0 Å². The zero-order chi connectivity index (χ0) is 13.8. The van der Waals surface area contributed by atoms with Crippen LogP contribution < -0.4 is 0 Å². The molecule has 5 atom stereocenters. The second-order valence-corrected chi connectivity index (χ2v) is 6.14. The summed E-state index contributed by atoms with van der Waals surface area (Å²) in [4.78, 5) is 0. The van der Waals surface area contributed by atoms with Crippen molar-refractivity contribution in [1.29, 1.82) is 0 Å². The molecule has 110 valence electrons. The largest absolute Gasteiger partial charge is 0.353 e. The summed E-state index contributed by atoms with van der Waals surface area (Å²) in [5.74, 6) is -1.29. The zero-order valence-corrected chi connectivity index (χ0v) is 12.0. The molecule has 0 saturated carbocycles. The molecule has 6 heteroatoms. The van der Waals surface area contributed by atoms with E-state index in [-0.39, 0.29) is 24.4 Å². The van der Waals surface area contributed by atoms with Crippen molar-refractivity contribution in [2.24, 2.45) is 0 Å². The smallest absolute Gasteiger partial charge is 0.186 e. The summed E-state index contributed by atoms with van der Waals surface area (Å²) < 4.78 is 34.7. The number of rotatable bonds is 1. The predicted octanol–water partition coefficient (Wildman–Crippen LogP) is 1.03. The Morgan fingerprint density at radius 1 is 0.895 bits per heavy atom. The molecule has 3 rings (SSSR count). The third-order valence-electron chi connectivity index (χ3n) is 3.68. The van der Waals surface area contributed by atoms with Gasteiger partial charge in [0.2, 0.25) is 0 Å². The molecule has 19 heavy (non-hydrogen) atoms. The van der Waals surface area contributed by atoms with Gasteiger partial charge >= 0.3 is 0 Å². The molecule has 3 saturated heterocycles. The van der Waals surface area contributed by atoms with Crippen LogP contribution in [0.5, 0.6) is 0 Å². The first-order chi connectivity index (χ1) is 8.81. The molecule has 6 nitrogen and oxygen atoms in total. The van der Waals surface area contributed by atoms with Gasteiger partial charge in [0.25, 0.3) is 0 Å². The second kappa shape index (κ2) is 4.38. The molecule has 3 fully saturated rings. The number of methoxy groups -OCH3 is 1. The summed E-state index contributed by atoms with van der Waals surface area (Å²) in [6, 6.07) is 0. The standard InChI is InChI=1S/C13H22O6/c1-12(2)15-6-7-8(17-12)9-10(11(14-5)16-7)19-13(3,4)18-9/h7-11H,6H2,1-5H3/t7-,8-,9+,10+,11+/m1/s1. The topological polar surface area (TPSA) is 55.4 Å². The highest BCUT2D eigenvalue weighted by Gasteiger charge is 2.58. The van der Waals surface area contributed by atoms with Crippen LogP contribution in [0.4, 0.5) is 0 Å². The minimum Gasteiger partial charge on any atom is -0.353 e. The van der Waals surface area contributed by atoms with Gasteiger partial charge in [0.15, 0.2) is 17.9 Å². The van der Waals surface area contributed by atoms with Crippen LogP contribution >= 0.6 is 0 Å². The van der Waals surface area contributed by atoms with Crippen LogP contribution in [-0.4, -0.2) is 56.0 Å². The van der Waals surface area contributed by atoms with E-state index in [0.29, 0.717) is 6.61 Å². The molecule has 0 N–H and O–H groups in total. The fourth-order valence-corrected chi connectivity index (χ4v) is 2.93. The Morgan fingerprint density at radius 3 is 2.21 bits per heavy atom. The minimum atomic E-state index is -0.657. The van der Waals surface area contributed by atoms with E-state index in [2.05, 4.69) is 0 Å². The van der Waals surface area contributed by atoms with Crippen LogP contribution in [0.25, 0.3) is 0 Å². The van der Waals surface area contributed by atoms with E-state index in [1.165, 1.54) is 0 Å². The lowest BCUT2D eigenvalue weighted by atomic mass is 9.97. The molecule has 0 spiro atoms. The van der Waals surface area contributed by atoms with E-state index in [4.69, 9.17) is 28.4 Å². The van der Waals surface area contributed by atoms with Crippen LogP contribution in [0.3, 0.4) is 0 Å². The van der Waals surface area contributed by atoms with Crippen LogP contribution in [0.2, 0.25) is 0 Å². The molecule has 3 heterocycles. The number of ether oxygens (including phenoxy) is 6. The Kier molecular flexibility index (Phi) is 3.16. The third-order valence-corrected chi connectivity index (χ3v) is 3.68. The van der Waals surface area contributed by atoms with Gasteiger partial charge in [0.1, 0.15) is 24.4 Å². The van der Waals surface area contributed by atoms with E-state index in [0.717, 1.165) is 0 Å². The molecular formula is C13H22O6. The molecule has 0 aliphatic carbocycles. The van der Waals surface area contributed by atoms with E-state index in [9.17, 15) is 0 Å². The summed E-state index contributed by atoms with van der Waals surface area (Å²) in [5.41, 5.74) is 0. The maximum absolute atomic E-state index is 5.98. The Morgan fingerprint density at radius 2 is 1.53 bits per heavy atom. The Labute approximate surface area is 113 Å². The summed E-state index contributed by atoms with van der Waals surface area (Å²) >= 11 is 0. The van der Waals surface area contributed by atoms with Gasteiger partial charge in [-0.15, -0.1) is 0 Å².